The first-order chi connectivity index (χ1) is 14.8. The number of rotatable bonds is 3. The normalized spacial score (nSPS) is 11.2. The highest BCUT2D eigenvalue weighted by Crippen LogP contribution is 2.31. The van der Waals surface area contributed by atoms with Crippen LogP contribution in [0.25, 0.3) is 10.9 Å². The number of nitrogens with zero attached hydrogens (tertiary/aromatic N) is 3. The van der Waals surface area contributed by atoms with Gasteiger partial charge in [-0.3, -0.25) is 4.57 Å². The van der Waals surface area contributed by atoms with Crippen molar-refractivity contribution in [1.29, 1.82) is 5.26 Å². The average Bonchev–Trinajstić information content (AvgIpc) is 3.17. The van der Waals surface area contributed by atoms with E-state index in [0.29, 0.717) is 22.4 Å². The van der Waals surface area contributed by atoms with E-state index in [0.717, 1.165) is 12.1 Å². The molecule has 4 aromatic rings. The summed E-state index contributed by atoms with van der Waals surface area (Å²) in [7, 11) is 0. The van der Waals surface area contributed by atoms with Crippen molar-refractivity contribution in [2.45, 2.75) is 6.18 Å². The van der Waals surface area contributed by atoms with Crippen LogP contribution in [0.1, 0.15) is 11.3 Å². The summed E-state index contributed by atoms with van der Waals surface area (Å²) >= 11 is 0. The second kappa shape index (κ2) is 7.84. The summed E-state index contributed by atoms with van der Waals surface area (Å²) in [5, 5.41) is 12.1. The zero-order valence-electron chi connectivity index (χ0n) is 15.7. The predicted molar refractivity (Wildman–Crippen MR) is 107 cm³/mol. The standard InChI is InChI=1S/C22H13F3N4O2/c23-22(24,25)15-2-1-3-16(11-15)28-21(30)29-9-7-14-10-18(4-5-20(14)29)31-19-6-8-27-17(12-19)13-26/h1-12H,(H,28,30). The van der Waals surface area contributed by atoms with Crippen LogP contribution in [0.3, 0.4) is 0 Å². The van der Waals surface area contributed by atoms with E-state index in [4.69, 9.17) is 10.00 Å². The fourth-order valence-corrected chi connectivity index (χ4v) is 2.99. The molecule has 0 saturated heterocycles. The predicted octanol–water partition coefficient (Wildman–Crippen LogP) is 5.80. The summed E-state index contributed by atoms with van der Waals surface area (Å²) in [5.41, 5.74) is -0.0482. The molecule has 0 fully saturated rings. The van der Waals surface area contributed by atoms with Crippen molar-refractivity contribution in [3.63, 3.8) is 0 Å². The molecule has 0 saturated carbocycles. The zero-order chi connectivity index (χ0) is 22.0. The molecule has 31 heavy (non-hydrogen) atoms. The summed E-state index contributed by atoms with van der Waals surface area (Å²) in [6.07, 6.45) is -1.53. The van der Waals surface area contributed by atoms with Gasteiger partial charge in [0, 0.05) is 29.5 Å². The molecule has 0 unspecified atom stereocenters. The maximum Gasteiger partial charge on any atom is 0.416 e. The summed E-state index contributed by atoms with van der Waals surface area (Å²) < 4.78 is 45.6. The Morgan fingerprint density at radius 2 is 1.87 bits per heavy atom. The molecule has 0 bridgehead atoms. The van der Waals surface area contributed by atoms with Crippen LogP contribution in [0.2, 0.25) is 0 Å². The van der Waals surface area contributed by atoms with Gasteiger partial charge in [0.2, 0.25) is 0 Å². The minimum Gasteiger partial charge on any atom is -0.457 e. The molecule has 4 rings (SSSR count). The quantitative estimate of drug-likeness (QED) is 0.453. The topological polar surface area (TPSA) is 79.9 Å². The van der Waals surface area contributed by atoms with Gasteiger partial charge in [0.25, 0.3) is 0 Å². The number of amides is 1. The van der Waals surface area contributed by atoms with E-state index in [9.17, 15) is 18.0 Å². The Morgan fingerprint density at radius 3 is 2.65 bits per heavy atom. The van der Waals surface area contributed by atoms with Gasteiger partial charge in [0.15, 0.2) is 0 Å². The Balaban J connectivity index is 1.55. The molecule has 9 heteroatoms. The lowest BCUT2D eigenvalue weighted by molar-refractivity contribution is -0.137. The summed E-state index contributed by atoms with van der Waals surface area (Å²) in [5.74, 6) is 0.922. The van der Waals surface area contributed by atoms with Gasteiger partial charge < -0.3 is 10.1 Å². The fraction of sp³-hybridized carbons (Fsp3) is 0.0455. The Bertz CT molecular complexity index is 1320. The van der Waals surface area contributed by atoms with Crippen molar-refractivity contribution < 1.29 is 22.7 Å². The van der Waals surface area contributed by atoms with Crippen LogP contribution in [-0.2, 0) is 6.18 Å². The van der Waals surface area contributed by atoms with Crippen molar-refractivity contribution in [3.8, 4) is 17.6 Å². The molecule has 2 aromatic heterocycles. The number of halogens is 3. The SMILES string of the molecule is N#Cc1cc(Oc2ccc3c(ccn3C(=O)Nc3cccc(C(F)(F)F)c3)c2)ccn1. The van der Waals surface area contributed by atoms with Crippen LogP contribution in [0.4, 0.5) is 23.7 Å². The van der Waals surface area contributed by atoms with Gasteiger partial charge >= 0.3 is 12.2 Å². The highest BCUT2D eigenvalue weighted by molar-refractivity contribution is 5.98. The number of nitriles is 1. The number of anilines is 1. The lowest BCUT2D eigenvalue weighted by Crippen LogP contribution is -2.18. The van der Waals surface area contributed by atoms with Crippen LogP contribution in [-0.4, -0.2) is 15.6 Å². The molecular formula is C22H13F3N4O2. The minimum atomic E-state index is -4.50. The number of carbonyl (C=O) groups is 1. The molecule has 0 atom stereocenters. The van der Waals surface area contributed by atoms with Crippen molar-refractivity contribution in [3.05, 3.63) is 84.3 Å². The van der Waals surface area contributed by atoms with E-state index in [1.54, 1.807) is 30.3 Å². The van der Waals surface area contributed by atoms with E-state index >= 15 is 0 Å². The van der Waals surface area contributed by atoms with Gasteiger partial charge in [0.05, 0.1) is 11.1 Å². The zero-order valence-corrected chi connectivity index (χ0v) is 15.7. The highest BCUT2D eigenvalue weighted by Gasteiger charge is 2.30. The smallest absolute Gasteiger partial charge is 0.416 e. The molecule has 2 heterocycles. The molecule has 1 N–H and O–H groups in total. The van der Waals surface area contributed by atoms with Crippen molar-refractivity contribution >= 4 is 22.6 Å². The number of alkyl halides is 3. The lowest BCUT2D eigenvalue weighted by atomic mass is 10.2. The summed E-state index contributed by atoms with van der Waals surface area (Å²) in [4.78, 5) is 16.5. The van der Waals surface area contributed by atoms with Gasteiger partial charge in [-0.1, -0.05) is 6.07 Å². The van der Waals surface area contributed by atoms with Crippen molar-refractivity contribution in [2.75, 3.05) is 5.32 Å². The number of fused-ring (bicyclic) bond motifs is 1. The van der Waals surface area contributed by atoms with Gasteiger partial charge in [-0.2, -0.15) is 18.4 Å². The highest BCUT2D eigenvalue weighted by atomic mass is 19.4. The largest absolute Gasteiger partial charge is 0.457 e. The van der Waals surface area contributed by atoms with Crippen LogP contribution in [0.5, 0.6) is 11.5 Å². The molecule has 0 aliphatic carbocycles. The molecule has 0 radical (unpaired) electrons. The Labute approximate surface area is 174 Å². The minimum absolute atomic E-state index is 0.0348. The number of nitrogens with one attached hydrogen (secondary N) is 1. The first-order valence-corrected chi connectivity index (χ1v) is 8.97. The van der Waals surface area contributed by atoms with E-state index in [-0.39, 0.29) is 11.4 Å². The number of aromatic nitrogens is 2. The molecule has 0 aliphatic heterocycles. The molecule has 0 aliphatic rings. The lowest BCUT2D eigenvalue weighted by Gasteiger charge is -2.11. The molecule has 6 nitrogen and oxygen atoms in total. The number of hydrogen-bond acceptors (Lipinski definition) is 4. The molecule has 0 spiro atoms. The molecule has 2 aromatic carbocycles. The van der Waals surface area contributed by atoms with Gasteiger partial charge in [-0.15, -0.1) is 0 Å². The van der Waals surface area contributed by atoms with Crippen LogP contribution in [0.15, 0.2) is 73.1 Å². The number of ether oxygens (including phenoxy) is 1. The van der Waals surface area contributed by atoms with E-state index < -0.39 is 17.8 Å². The van der Waals surface area contributed by atoms with Crippen molar-refractivity contribution in [1.82, 2.24) is 9.55 Å². The van der Waals surface area contributed by atoms with Crippen LogP contribution in [0, 0.1) is 11.3 Å². The van der Waals surface area contributed by atoms with Gasteiger partial charge in [-0.25, -0.2) is 9.78 Å². The summed E-state index contributed by atoms with van der Waals surface area (Å²) in [6, 6.07) is 15.5. The Kier molecular flexibility index (Phi) is 5.05. The van der Waals surface area contributed by atoms with Gasteiger partial charge in [0.1, 0.15) is 23.3 Å². The number of hydrogen-bond donors (Lipinski definition) is 1. The maximum atomic E-state index is 12.9. The number of carbonyl (C=O) groups excluding carboxylic acids is 1. The monoisotopic (exact) mass is 422 g/mol. The summed E-state index contributed by atoms with van der Waals surface area (Å²) in [6.45, 7) is 0. The maximum absolute atomic E-state index is 12.9. The molecule has 154 valence electrons. The van der Waals surface area contributed by atoms with Gasteiger partial charge in [-0.05, 0) is 48.5 Å². The van der Waals surface area contributed by atoms with Crippen LogP contribution >= 0.6 is 0 Å². The first-order valence-electron chi connectivity index (χ1n) is 8.97. The third-order valence-electron chi connectivity index (χ3n) is 4.40. The third-order valence-corrected chi connectivity index (χ3v) is 4.40. The number of pyridine rings is 1. The third kappa shape index (κ3) is 4.33. The Morgan fingerprint density at radius 1 is 1.06 bits per heavy atom. The van der Waals surface area contributed by atoms with E-state index in [1.807, 2.05) is 6.07 Å². The van der Waals surface area contributed by atoms with Crippen LogP contribution < -0.4 is 10.1 Å². The number of benzene rings is 2. The second-order valence-corrected chi connectivity index (χ2v) is 6.51. The molecular weight excluding hydrogens is 409 g/mol. The van der Waals surface area contributed by atoms with E-state index in [2.05, 4.69) is 10.3 Å². The second-order valence-electron chi connectivity index (χ2n) is 6.51. The fourth-order valence-electron chi connectivity index (χ4n) is 2.99. The van der Waals surface area contributed by atoms with E-state index in [1.165, 1.54) is 35.2 Å². The molecule has 1 amide bonds. The first kappa shape index (κ1) is 20.0. The average molecular weight is 422 g/mol. The van der Waals surface area contributed by atoms with Crippen molar-refractivity contribution in [2.24, 2.45) is 0 Å². The Hall–Kier alpha value is -4.32.